The minimum Gasteiger partial charge on any atom is -0.336 e. The third-order valence-corrected chi connectivity index (χ3v) is 7.13. The Bertz CT molecular complexity index is 724. The van der Waals surface area contributed by atoms with Gasteiger partial charge in [-0.1, -0.05) is 6.42 Å². The first kappa shape index (κ1) is 21.2. The first-order valence-corrected chi connectivity index (χ1v) is 10.5. The second-order valence-corrected chi connectivity index (χ2v) is 8.98. The van der Waals surface area contributed by atoms with Gasteiger partial charge in [0.25, 0.3) is 5.91 Å². The second-order valence-electron chi connectivity index (χ2n) is 7.09. The number of rotatable bonds is 3. The van der Waals surface area contributed by atoms with Gasteiger partial charge < -0.3 is 10.2 Å². The van der Waals surface area contributed by atoms with Crippen molar-refractivity contribution in [1.29, 1.82) is 0 Å². The number of nitrogens with one attached hydrogen (secondary N) is 1. The van der Waals surface area contributed by atoms with Crippen molar-refractivity contribution in [2.75, 3.05) is 26.2 Å². The number of benzene rings is 1. The standard InChI is InChI=1S/C18H27N3O3S.ClH/c1-14-13-20(12-10-19-14)18(22)16-6-8-17(9-7-16)25(23,24)21-11-4-3-5-15(21)2;/h6-9,14-15,19H,3-5,10-13H2,1-2H3;1H. The van der Waals surface area contributed by atoms with E-state index in [0.29, 0.717) is 25.2 Å². The molecule has 26 heavy (non-hydrogen) atoms. The fourth-order valence-corrected chi connectivity index (χ4v) is 5.33. The van der Waals surface area contributed by atoms with Gasteiger partial charge in [0, 0.05) is 43.8 Å². The second kappa shape index (κ2) is 8.69. The highest BCUT2D eigenvalue weighted by Gasteiger charge is 2.31. The van der Waals surface area contributed by atoms with Crippen LogP contribution in [-0.2, 0) is 10.0 Å². The van der Waals surface area contributed by atoms with Gasteiger partial charge >= 0.3 is 0 Å². The molecule has 2 aliphatic rings. The van der Waals surface area contributed by atoms with E-state index in [1.165, 1.54) is 0 Å². The molecular weight excluding hydrogens is 374 g/mol. The molecule has 0 radical (unpaired) electrons. The number of piperidine rings is 1. The Hall–Kier alpha value is -1.15. The number of carbonyl (C=O) groups is 1. The van der Waals surface area contributed by atoms with Crippen molar-refractivity contribution in [3.63, 3.8) is 0 Å². The third kappa shape index (κ3) is 4.39. The molecule has 2 saturated heterocycles. The van der Waals surface area contributed by atoms with Gasteiger partial charge in [-0.15, -0.1) is 12.4 Å². The maximum Gasteiger partial charge on any atom is 0.253 e. The Morgan fingerprint density at radius 3 is 2.42 bits per heavy atom. The summed E-state index contributed by atoms with van der Waals surface area (Å²) in [5, 5.41) is 3.31. The van der Waals surface area contributed by atoms with Crippen LogP contribution in [0, 0.1) is 0 Å². The molecule has 8 heteroatoms. The average Bonchev–Trinajstić information content (AvgIpc) is 2.61. The quantitative estimate of drug-likeness (QED) is 0.842. The highest BCUT2D eigenvalue weighted by molar-refractivity contribution is 7.89. The van der Waals surface area contributed by atoms with Gasteiger partial charge in [-0.05, 0) is 51.0 Å². The van der Waals surface area contributed by atoms with Crippen LogP contribution in [-0.4, -0.2) is 61.8 Å². The lowest BCUT2D eigenvalue weighted by Gasteiger charge is -2.32. The summed E-state index contributed by atoms with van der Waals surface area (Å²) in [6.07, 6.45) is 2.88. The Morgan fingerprint density at radius 2 is 1.81 bits per heavy atom. The molecule has 1 amide bonds. The van der Waals surface area contributed by atoms with Crippen LogP contribution in [0.3, 0.4) is 0 Å². The van der Waals surface area contributed by atoms with Gasteiger partial charge in [0.2, 0.25) is 10.0 Å². The minimum absolute atomic E-state index is 0. The Morgan fingerprint density at radius 1 is 1.12 bits per heavy atom. The number of hydrogen-bond acceptors (Lipinski definition) is 4. The summed E-state index contributed by atoms with van der Waals surface area (Å²) in [5.41, 5.74) is 0.541. The molecule has 2 heterocycles. The average molecular weight is 402 g/mol. The topological polar surface area (TPSA) is 69.7 Å². The fourth-order valence-electron chi connectivity index (χ4n) is 3.63. The zero-order chi connectivity index (χ0) is 18.0. The van der Waals surface area contributed by atoms with Crippen LogP contribution in [0.1, 0.15) is 43.5 Å². The summed E-state index contributed by atoms with van der Waals surface area (Å²) in [6, 6.07) is 6.71. The number of sulfonamides is 1. The van der Waals surface area contributed by atoms with E-state index in [1.54, 1.807) is 28.6 Å². The molecule has 1 aromatic carbocycles. The Kier molecular flexibility index (Phi) is 7.07. The van der Waals surface area contributed by atoms with Gasteiger partial charge in [0.15, 0.2) is 0 Å². The van der Waals surface area contributed by atoms with Crippen molar-refractivity contribution < 1.29 is 13.2 Å². The molecule has 0 aromatic heterocycles. The molecule has 1 aromatic rings. The maximum absolute atomic E-state index is 12.8. The summed E-state index contributed by atoms with van der Waals surface area (Å²) in [7, 11) is -3.49. The molecule has 2 atom stereocenters. The van der Waals surface area contributed by atoms with Gasteiger partial charge in [-0.3, -0.25) is 4.79 Å². The van der Waals surface area contributed by atoms with Crippen molar-refractivity contribution >= 4 is 28.3 Å². The van der Waals surface area contributed by atoms with Crippen LogP contribution in [0.4, 0.5) is 0 Å². The van der Waals surface area contributed by atoms with E-state index in [0.717, 1.165) is 25.8 Å². The fraction of sp³-hybridized carbons (Fsp3) is 0.611. The molecule has 0 aliphatic carbocycles. The van der Waals surface area contributed by atoms with E-state index in [4.69, 9.17) is 0 Å². The van der Waals surface area contributed by atoms with Gasteiger partial charge in [-0.25, -0.2) is 8.42 Å². The molecular formula is C18H28ClN3O3S. The molecule has 6 nitrogen and oxygen atoms in total. The van der Waals surface area contributed by atoms with Crippen LogP contribution in [0.2, 0.25) is 0 Å². The molecule has 2 aliphatic heterocycles. The highest BCUT2D eigenvalue weighted by Crippen LogP contribution is 2.25. The van der Waals surface area contributed by atoms with Crippen LogP contribution in [0.5, 0.6) is 0 Å². The van der Waals surface area contributed by atoms with Crippen molar-refractivity contribution in [2.45, 2.75) is 50.1 Å². The SMILES string of the molecule is CC1CN(C(=O)c2ccc(S(=O)(=O)N3CCCCC3C)cc2)CCN1.Cl. The number of amides is 1. The summed E-state index contributed by atoms with van der Waals surface area (Å²) in [4.78, 5) is 14.7. The molecule has 2 fully saturated rings. The van der Waals surface area contributed by atoms with Crippen molar-refractivity contribution in [2.24, 2.45) is 0 Å². The number of piperazine rings is 1. The number of halogens is 1. The lowest BCUT2D eigenvalue weighted by Crippen LogP contribution is -2.51. The molecule has 0 bridgehead atoms. The number of hydrogen-bond donors (Lipinski definition) is 1. The van der Waals surface area contributed by atoms with Gasteiger partial charge in [0.1, 0.15) is 0 Å². The van der Waals surface area contributed by atoms with E-state index in [1.807, 2.05) is 11.8 Å². The van der Waals surface area contributed by atoms with Crippen LogP contribution < -0.4 is 5.32 Å². The minimum atomic E-state index is -3.49. The van der Waals surface area contributed by atoms with Crippen molar-refractivity contribution in [3.8, 4) is 0 Å². The van der Waals surface area contributed by atoms with Gasteiger partial charge in [-0.2, -0.15) is 4.31 Å². The molecule has 0 spiro atoms. The summed E-state index contributed by atoms with van der Waals surface area (Å²) in [5.74, 6) is -0.0383. The maximum atomic E-state index is 12.8. The summed E-state index contributed by atoms with van der Waals surface area (Å²) >= 11 is 0. The molecule has 0 saturated carbocycles. The predicted molar refractivity (Wildman–Crippen MR) is 104 cm³/mol. The lowest BCUT2D eigenvalue weighted by atomic mass is 10.1. The summed E-state index contributed by atoms with van der Waals surface area (Å²) in [6.45, 7) is 6.71. The first-order chi connectivity index (χ1) is 11.9. The van der Waals surface area contributed by atoms with Crippen molar-refractivity contribution in [3.05, 3.63) is 29.8 Å². The monoisotopic (exact) mass is 401 g/mol. The van der Waals surface area contributed by atoms with E-state index in [2.05, 4.69) is 12.2 Å². The van der Waals surface area contributed by atoms with E-state index < -0.39 is 10.0 Å². The molecule has 1 N–H and O–H groups in total. The lowest BCUT2D eigenvalue weighted by molar-refractivity contribution is 0.0709. The normalized spacial score (nSPS) is 24.8. The van der Waals surface area contributed by atoms with Crippen LogP contribution in [0.25, 0.3) is 0 Å². The number of nitrogens with zero attached hydrogens (tertiary/aromatic N) is 2. The number of carbonyl (C=O) groups excluding carboxylic acids is 1. The largest absolute Gasteiger partial charge is 0.336 e. The van der Waals surface area contributed by atoms with E-state index in [9.17, 15) is 13.2 Å². The first-order valence-electron chi connectivity index (χ1n) is 9.04. The molecule has 146 valence electrons. The third-order valence-electron chi connectivity index (χ3n) is 5.11. The zero-order valence-corrected chi connectivity index (χ0v) is 17.0. The van der Waals surface area contributed by atoms with E-state index >= 15 is 0 Å². The van der Waals surface area contributed by atoms with E-state index in [-0.39, 0.29) is 35.3 Å². The van der Waals surface area contributed by atoms with Crippen molar-refractivity contribution in [1.82, 2.24) is 14.5 Å². The molecule has 2 unspecified atom stereocenters. The van der Waals surface area contributed by atoms with Gasteiger partial charge in [0.05, 0.1) is 4.90 Å². The van der Waals surface area contributed by atoms with Crippen LogP contribution in [0.15, 0.2) is 29.2 Å². The Labute approximate surface area is 162 Å². The predicted octanol–water partition coefficient (Wildman–Crippen LogP) is 2.11. The van der Waals surface area contributed by atoms with Crippen LogP contribution >= 0.6 is 12.4 Å². The Balaban J connectivity index is 0.00000243. The smallest absolute Gasteiger partial charge is 0.253 e. The molecule has 3 rings (SSSR count). The summed E-state index contributed by atoms with van der Waals surface area (Å²) < 4.78 is 27.3. The highest BCUT2D eigenvalue weighted by atomic mass is 35.5. The zero-order valence-electron chi connectivity index (χ0n) is 15.3.